The van der Waals surface area contributed by atoms with Gasteiger partial charge >= 0.3 is 5.97 Å². The second-order valence-corrected chi connectivity index (χ2v) is 2.31. The largest absolute Gasteiger partial charge is 0.475 e. The first-order valence-electron chi connectivity index (χ1n) is 3.59. The molecule has 0 aromatic carbocycles. The molecule has 1 aromatic heterocycles. The van der Waals surface area contributed by atoms with E-state index in [1.54, 1.807) is 0 Å². The first kappa shape index (κ1) is 8.73. The predicted octanol–water partition coefficient (Wildman–Crippen LogP) is 0.0935. The van der Waals surface area contributed by atoms with E-state index in [2.05, 4.69) is 4.98 Å². The van der Waals surface area contributed by atoms with Gasteiger partial charge in [-0.3, -0.25) is 0 Å². The van der Waals surface area contributed by atoms with Crippen LogP contribution in [0.1, 0.15) is 23.2 Å². The van der Waals surface area contributed by atoms with Gasteiger partial charge in [-0.1, -0.05) is 0 Å². The lowest BCUT2D eigenvalue weighted by Gasteiger charge is -1.96. The van der Waals surface area contributed by atoms with Crippen molar-refractivity contribution in [2.75, 3.05) is 0 Å². The molecule has 66 valence electrons. The molecule has 0 aliphatic rings. The van der Waals surface area contributed by atoms with E-state index in [1.807, 2.05) is 6.92 Å². The third-order valence-corrected chi connectivity index (χ3v) is 1.52. The Morgan fingerprint density at radius 1 is 1.75 bits per heavy atom. The number of nitrogens with zero attached hydrogens (tertiary/aromatic N) is 2. The maximum Gasteiger partial charge on any atom is 0.372 e. The van der Waals surface area contributed by atoms with E-state index in [0.717, 1.165) is 0 Å². The molecule has 0 unspecified atom stereocenters. The van der Waals surface area contributed by atoms with Crippen LogP contribution >= 0.6 is 0 Å². The molecule has 5 nitrogen and oxygen atoms in total. The Labute approximate surface area is 69.3 Å². The number of carboxylic acids is 1. The van der Waals surface area contributed by atoms with Crippen molar-refractivity contribution in [2.45, 2.75) is 20.1 Å². The van der Waals surface area contributed by atoms with E-state index < -0.39 is 5.97 Å². The van der Waals surface area contributed by atoms with Crippen LogP contribution in [0.25, 0.3) is 0 Å². The standard InChI is InChI=1S/C7H10N2O3/c1-2-9-3-5(4-10)8-6(9)7(11)12/h3,10H,2,4H2,1H3,(H,11,12). The Bertz CT molecular complexity index is 293. The van der Waals surface area contributed by atoms with Gasteiger partial charge in [-0.15, -0.1) is 0 Å². The number of carbonyl (C=O) groups is 1. The van der Waals surface area contributed by atoms with Gasteiger partial charge in [0.25, 0.3) is 0 Å². The Hall–Kier alpha value is -1.36. The number of hydrogen-bond donors (Lipinski definition) is 2. The number of aromatic carboxylic acids is 1. The molecule has 0 spiro atoms. The number of aliphatic hydroxyl groups excluding tert-OH is 1. The highest BCUT2D eigenvalue weighted by atomic mass is 16.4. The van der Waals surface area contributed by atoms with Gasteiger partial charge < -0.3 is 14.8 Å². The van der Waals surface area contributed by atoms with Crippen LogP contribution in [0.5, 0.6) is 0 Å². The van der Waals surface area contributed by atoms with Gasteiger partial charge in [0.15, 0.2) is 0 Å². The normalized spacial score (nSPS) is 10.2. The van der Waals surface area contributed by atoms with Crippen molar-refractivity contribution in [3.05, 3.63) is 17.7 Å². The second kappa shape index (κ2) is 3.36. The minimum atomic E-state index is -1.07. The highest BCUT2D eigenvalue weighted by molar-refractivity contribution is 5.83. The quantitative estimate of drug-likeness (QED) is 0.674. The summed E-state index contributed by atoms with van der Waals surface area (Å²) in [6.07, 6.45) is 1.53. The molecule has 0 atom stereocenters. The van der Waals surface area contributed by atoms with Crippen molar-refractivity contribution >= 4 is 5.97 Å². The molecule has 0 amide bonds. The highest BCUT2D eigenvalue weighted by Crippen LogP contribution is 2.03. The summed E-state index contributed by atoms with van der Waals surface area (Å²) in [5, 5.41) is 17.3. The van der Waals surface area contributed by atoms with E-state index in [0.29, 0.717) is 12.2 Å². The lowest BCUT2D eigenvalue weighted by molar-refractivity contribution is 0.0678. The first-order valence-corrected chi connectivity index (χ1v) is 3.59. The molecule has 0 fully saturated rings. The van der Waals surface area contributed by atoms with E-state index in [4.69, 9.17) is 10.2 Å². The fourth-order valence-corrected chi connectivity index (χ4v) is 0.958. The molecule has 2 N–H and O–H groups in total. The van der Waals surface area contributed by atoms with Crippen LogP contribution in [0.4, 0.5) is 0 Å². The highest BCUT2D eigenvalue weighted by Gasteiger charge is 2.12. The predicted molar refractivity (Wildman–Crippen MR) is 40.8 cm³/mol. The zero-order valence-electron chi connectivity index (χ0n) is 6.69. The number of carboxylic acid groups (broad SMARTS) is 1. The lowest BCUT2D eigenvalue weighted by Crippen LogP contribution is -2.07. The van der Waals surface area contributed by atoms with Gasteiger partial charge in [0.05, 0.1) is 12.3 Å². The summed E-state index contributed by atoms with van der Waals surface area (Å²) < 4.78 is 1.48. The summed E-state index contributed by atoms with van der Waals surface area (Å²) in [6.45, 7) is 2.12. The van der Waals surface area contributed by atoms with Crippen LogP contribution in [0, 0.1) is 0 Å². The van der Waals surface area contributed by atoms with Gasteiger partial charge in [0.1, 0.15) is 0 Å². The van der Waals surface area contributed by atoms with Crippen LogP contribution in [-0.4, -0.2) is 25.7 Å². The fourth-order valence-electron chi connectivity index (χ4n) is 0.958. The molecule has 0 aliphatic carbocycles. The van der Waals surface area contributed by atoms with Crippen LogP contribution in [0.3, 0.4) is 0 Å². The Kier molecular flexibility index (Phi) is 2.44. The Balaban J connectivity index is 3.08. The summed E-state index contributed by atoms with van der Waals surface area (Å²) in [6, 6.07) is 0. The third kappa shape index (κ3) is 1.45. The van der Waals surface area contributed by atoms with Crippen LogP contribution in [0.2, 0.25) is 0 Å². The van der Waals surface area contributed by atoms with Crippen molar-refractivity contribution in [2.24, 2.45) is 0 Å². The van der Waals surface area contributed by atoms with Crippen LogP contribution < -0.4 is 0 Å². The Morgan fingerprint density at radius 3 is 2.75 bits per heavy atom. The minimum absolute atomic E-state index is 0.0263. The zero-order valence-corrected chi connectivity index (χ0v) is 6.69. The van der Waals surface area contributed by atoms with E-state index >= 15 is 0 Å². The van der Waals surface area contributed by atoms with Crippen molar-refractivity contribution in [3.8, 4) is 0 Å². The molecular formula is C7H10N2O3. The number of aromatic nitrogens is 2. The number of aliphatic hydroxyl groups is 1. The molecule has 12 heavy (non-hydrogen) atoms. The van der Waals surface area contributed by atoms with E-state index in [-0.39, 0.29) is 12.4 Å². The molecule has 0 saturated heterocycles. The topological polar surface area (TPSA) is 75.3 Å². The number of rotatable bonds is 3. The van der Waals surface area contributed by atoms with Gasteiger partial charge in [0.2, 0.25) is 5.82 Å². The molecule has 0 radical (unpaired) electrons. The maximum absolute atomic E-state index is 10.5. The molecule has 0 saturated carbocycles. The van der Waals surface area contributed by atoms with Crippen LogP contribution in [0.15, 0.2) is 6.20 Å². The molecule has 0 bridgehead atoms. The molecule has 0 aliphatic heterocycles. The average Bonchev–Trinajstić information content (AvgIpc) is 2.47. The second-order valence-electron chi connectivity index (χ2n) is 2.31. The monoisotopic (exact) mass is 170 g/mol. The van der Waals surface area contributed by atoms with Gasteiger partial charge in [-0.05, 0) is 6.92 Å². The van der Waals surface area contributed by atoms with Crippen molar-refractivity contribution in [3.63, 3.8) is 0 Å². The number of aryl methyl sites for hydroxylation is 1. The summed E-state index contributed by atoms with van der Waals surface area (Å²) in [5.74, 6) is -1.10. The summed E-state index contributed by atoms with van der Waals surface area (Å²) in [4.78, 5) is 14.3. The van der Waals surface area contributed by atoms with Crippen LogP contribution in [-0.2, 0) is 13.2 Å². The van der Waals surface area contributed by atoms with Crippen molar-refractivity contribution in [1.82, 2.24) is 9.55 Å². The molecular weight excluding hydrogens is 160 g/mol. The van der Waals surface area contributed by atoms with Gasteiger partial charge in [-0.25, -0.2) is 9.78 Å². The molecule has 5 heteroatoms. The van der Waals surface area contributed by atoms with E-state index in [1.165, 1.54) is 10.8 Å². The maximum atomic E-state index is 10.5. The van der Waals surface area contributed by atoms with E-state index in [9.17, 15) is 4.79 Å². The van der Waals surface area contributed by atoms with Crippen molar-refractivity contribution < 1.29 is 15.0 Å². The summed E-state index contributed by atoms with van der Waals surface area (Å²) >= 11 is 0. The smallest absolute Gasteiger partial charge is 0.372 e. The Morgan fingerprint density at radius 2 is 2.42 bits per heavy atom. The SMILES string of the molecule is CCn1cc(CO)nc1C(=O)O. The molecule has 1 rings (SSSR count). The summed E-state index contributed by atoms with van der Waals surface area (Å²) in [5.41, 5.74) is 0.384. The number of imidazole rings is 1. The lowest BCUT2D eigenvalue weighted by atomic mass is 10.5. The summed E-state index contributed by atoms with van der Waals surface area (Å²) in [7, 11) is 0. The fraction of sp³-hybridized carbons (Fsp3) is 0.429. The van der Waals surface area contributed by atoms with Gasteiger partial charge in [-0.2, -0.15) is 0 Å². The third-order valence-electron chi connectivity index (χ3n) is 1.52. The minimum Gasteiger partial charge on any atom is -0.475 e. The number of hydrogen-bond acceptors (Lipinski definition) is 3. The average molecular weight is 170 g/mol. The molecule has 1 aromatic rings. The van der Waals surface area contributed by atoms with Crippen molar-refractivity contribution in [1.29, 1.82) is 0 Å². The molecule has 1 heterocycles. The van der Waals surface area contributed by atoms with Gasteiger partial charge in [0, 0.05) is 12.7 Å². The first-order chi connectivity index (χ1) is 5.69. The zero-order chi connectivity index (χ0) is 9.14.